The lowest BCUT2D eigenvalue weighted by molar-refractivity contribution is -0.129. The van der Waals surface area contributed by atoms with Gasteiger partial charge in [-0.15, -0.1) is 0 Å². The molecule has 2 bridgehead atoms. The van der Waals surface area contributed by atoms with E-state index in [2.05, 4.69) is 10.3 Å². The van der Waals surface area contributed by atoms with Crippen LogP contribution >= 0.6 is 11.6 Å². The number of amides is 3. The molecular weight excluding hydrogens is 538 g/mol. The Kier molecular flexibility index (Phi) is 7.67. The average Bonchev–Trinajstić information content (AvgIpc) is 2.93. The molecule has 0 radical (unpaired) electrons. The summed E-state index contributed by atoms with van der Waals surface area (Å²) in [6.45, 7) is 2.04. The van der Waals surface area contributed by atoms with Gasteiger partial charge < -0.3 is 16.0 Å². The quantitative estimate of drug-likeness (QED) is 0.387. The van der Waals surface area contributed by atoms with Crippen molar-refractivity contribution in [3.05, 3.63) is 88.2 Å². The van der Waals surface area contributed by atoms with Gasteiger partial charge in [-0.25, -0.2) is 8.78 Å². The molecule has 5 rings (SSSR count). The van der Waals surface area contributed by atoms with E-state index in [1.54, 1.807) is 35.4 Å². The minimum atomic E-state index is -0.889. The van der Waals surface area contributed by atoms with Crippen LogP contribution in [0.25, 0.3) is 16.7 Å². The molecule has 0 saturated heterocycles. The second kappa shape index (κ2) is 11.2. The van der Waals surface area contributed by atoms with Crippen LogP contribution in [0.5, 0.6) is 0 Å². The number of hydrogen-bond acceptors (Lipinski definition) is 4. The van der Waals surface area contributed by atoms with E-state index >= 15 is 0 Å². The highest BCUT2D eigenvalue weighted by Gasteiger charge is 2.31. The molecule has 0 aliphatic carbocycles. The maximum Gasteiger partial charge on any atom is 0.248 e. The number of pyridine rings is 1. The van der Waals surface area contributed by atoms with Crippen LogP contribution in [0.2, 0.25) is 5.02 Å². The smallest absolute Gasteiger partial charge is 0.248 e. The van der Waals surface area contributed by atoms with E-state index in [1.807, 2.05) is 13.0 Å². The molecule has 7 nitrogen and oxygen atoms in total. The number of carbonyl (C=O) groups is 3. The van der Waals surface area contributed by atoms with Crippen molar-refractivity contribution < 1.29 is 23.2 Å². The van der Waals surface area contributed by atoms with Gasteiger partial charge in [0, 0.05) is 41.5 Å². The summed E-state index contributed by atoms with van der Waals surface area (Å²) in [5, 5.41) is 2.72. The molecule has 3 heterocycles. The Morgan fingerprint density at radius 1 is 1.12 bits per heavy atom. The fraction of sp³-hybridized carbons (Fsp3) is 0.267. The molecule has 2 aromatic carbocycles. The van der Waals surface area contributed by atoms with Crippen LogP contribution in [0.1, 0.15) is 60.3 Å². The first-order chi connectivity index (χ1) is 19.1. The van der Waals surface area contributed by atoms with E-state index in [1.165, 1.54) is 6.08 Å². The lowest BCUT2D eigenvalue weighted by Crippen LogP contribution is -2.38. The summed E-state index contributed by atoms with van der Waals surface area (Å²) < 4.78 is 29.2. The van der Waals surface area contributed by atoms with Crippen LogP contribution in [-0.4, -0.2) is 34.2 Å². The predicted molar refractivity (Wildman–Crippen MR) is 148 cm³/mol. The molecule has 0 unspecified atom stereocenters. The second-order valence-corrected chi connectivity index (χ2v) is 10.5. The van der Waals surface area contributed by atoms with Gasteiger partial charge in [0.25, 0.3) is 0 Å². The third-order valence-electron chi connectivity index (χ3n) is 7.50. The van der Waals surface area contributed by atoms with Gasteiger partial charge in [0.15, 0.2) is 5.82 Å². The van der Waals surface area contributed by atoms with Gasteiger partial charge in [-0.3, -0.25) is 19.4 Å². The van der Waals surface area contributed by atoms with Crippen LogP contribution < -0.4 is 11.1 Å². The SMILES string of the molecule is C[C@@H]1CCC[C@H](N2CCC(c3c(F)ccc(Cl)c3F)=CC2=O)c2cc(ccn2)-c2ccc(C(N)=O)cc2NC1=O. The van der Waals surface area contributed by atoms with E-state index in [-0.39, 0.29) is 52.4 Å². The van der Waals surface area contributed by atoms with Crippen LogP contribution in [-0.2, 0) is 9.59 Å². The highest BCUT2D eigenvalue weighted by molar-refractivity contribution is 6.31. The minimum absolute atomic E-state index is 0.193. The van der Waals surface area contributed by atoms with Gasteiger partial charge in [-0.2, -0.15) is 0 Å². The Bertz CT molecular complexity index is 1560. The second-order valence-electron chi connectivity index (χ2n) is 10.1. The molecule has 2 aliphatic rings. The van der Waals surface area contributed by atoms with E-state index in [9.17, 15) is 23.2 Å². The highest BCUT2D eigenvalue weighted by Crippen LogP contribution is 2.37. The predicted octanol–water partition coefficient (Wildman–Crippen LogP) is 5.89. The summed E-state index contributed by atoms with van der Waals surface area (Å²) in [7, 11) is 0. The zero-order valence-corrected chi connectivity index (χ0v) is 22.5. The zero-order chi connectivity index (χ0) is 28.6. The molecule has 206 valence electrons. The number of aromatic nitrogens is 1. The molecule has 2 atom stereocenters. The van der Waals surface area contributed by atoms with E-state index < -0.39 is 23.6 Å². The van der Waals surface area contributed by atoms with Gasteiger partial charge >= 0.3 is 0 Å². The maximum atomic E-state index is 14.7. The highest BCUT2D eigenvalue weighted by atomic mass is 35.5. The summed E-state index contributed by atoms with van der Waals surface area (Å²) in [6.07, 6.45) is 4.83. The molecular formula is C30H27ClF2N4O3. The molecule has 3 amide bonds. The fourth-order valence-corrected chi connectivity index (χ4v) is 5.46. The van der Waals surface area contributed by atoms with Gasteiger partial charge in [-0.05, 0) is 66.8 Å². The van der Waals surface area contributed by atoms with Gasteiger partial charge in [0.2, 0.25) is 17.7 Å². The maximum absolute atomic E-state index is 14.7. The Morgan fingerprint density at radius 3 is 2.67 bits per heavy atom. The van der Waals surface area contributed by atoms with Crippen LogP contribution in [0.3, 0.4) is 0 Å². The van der Waals surface area contributed by atoms with E-state index in [0.717, 1.165) is 17.7 Å². The number of fused-ring (bicyclic) bond motifs is 4. The third-order valence-corrected chi connectivity index (χ3v) is 7.79. The van der Waals surface area contributed by atoms with Gasteiger partial charge in [0.05, 0.1) is 22.3 Å². The van der Waals surface area contributed by atoms with Crippen LogP contribution in [0, 0.1) is 17.6 Å². The van der Waals surface area contributed by atoms with Crippen molar-refractivity contribution in [1.82, 2.24) is 9.88 Å². The van der Waals surface area contributed by atoms with Crippen molar-refractivity contribution in [1.29, 1.82) is 0 Å². The first kappa shape index (κ1) is 27.5. The van der Waals surface area contributed by atoms with Crippen LogP contribution in [0.15, 0.2) is 54.7 Å². The van der Waals surface area contributed by atoms with Crippen molar-refractivity contribution in [2.45, 2.75) is 38.6 Å². The van der Waals surface area contributed by atoms with Crippen molar-refractivity contribution in [3.63, 3.8) is 0 Å². The Labute approximate surface area is 235 Å². The fourth-order valence-electron chi connectivity index (χ4n) is 5.30. The zero-order valence-electron chi connectivity index (χ0n) is 21.7. The van der Waals surface area contributed by atoms with E-state index in [0.29, 0.717) is 36.2 Å². The first-order valence-electron chi connectivity index (χ1n) is 13.0. The lowest BCUT2D eigenvalue weighted by Gasteiger charge is -2.34. The number of carbonyl (C=O) groups excluding carboxylic acids is 3. The normalized spacial score (nSPS) is 19.6. The average molecular weight is 565 g/mol. The number of nitrogens with one attached hydrogen (secondary N) is 1. The number of hydrogen-bond donors (Lipinski definition) is 2. The lowest BCUT2D eigenvalue weighted by atomic mass is 9.92. The Morgan fingerprint density at radius 2 is 1.93 bits per heavy atom. The summed E-state index contributed by atoms with van der Waals surface area (Å²) in [6, 6.07) is 10.3. The molecule has 0 spiro atoms. The summed E-state index contributed by atoms with van der Waals surface area (Å²) in [4.78, 5) is 44.5. The van der Waals surface area contributed by atoms with Gasteiger partial charge in [0.1, 0.15) is 5.82 Å². The molecule has 10 heteroatoms. The Balaban J connectivity index is 1.54. The molecule has 3 N–H and O–H groups in total. The largest absolute Gasteiger partial charge is 0.366 e. The molecule has 2 aliphatic heterocycles. The molecule has 3 aromatic rings. The number of primary amides is 1. The topological polar surface area (TPSA) is 105 Å². The third kappa shape index (κ3) is 5.34. The molecule has 0 saturated carbocycles. The molecule has 0 fully saturated rings. The Hall–Kier alpha value is -4.11. The van der Waals surface area contributed by atoms with Gasteiger partial charge in [-0.1, -0.05) is 31.0 Å². The first-order valence-corrected chi connectivity index (χ1v) is 13.4. The van der Waals surface area contributed by atoms with Crippen molar-refractivity contribution in [2.75, 3.05) is 11.9 Å². The summed E-state index contributed by atoms with van der Waals surface area (Å²) >= 11 is 5.88. The summed E-state index contributed by atoms with van der Waals surface area (Å²) in [5.74, 6) is -3.20. The number of rotatable bonds is 3. The number of halogens is 3. The van der Waals surface area contributed by atoms with Crippen molar-refractivity contribution in [2.24, 2.45) is 11.7 Å². The van der Waals surface area contributed by atoms with E-state index in [4.69, 9.17) is 17.3 Å². The molecule has 40 heavy (non-hydrogen) atoms. The van der Waals surface area contributed by atoms with Crippen LogP contribution in [0.4, 0.5) is 14.5 Å². The monoisotopic (exact) mass is 564 g/mol. The number of anilines is 1. The number of nitrogens with zero attached hydrogens (tertiary/aromatic N) is 2. The van der Waals surface area contributed by atoms with Crippen molar-refractivity contribution >= 4 is 40.6 Å². The summed E-state index contributed by atoms with van der Waals surface area (Å²) in [5.41, 5.74) is 8.21. The molecule has 1 aromatic heterocycles. The number of nitrogens with two attached hydrogens (primary N) is 1. The standard InChI is InChI=1S/C30H27ClF2N4O3/c1-16-3-2-4-25(37-12-10-18(15-26(37)38)27-22(32)8-7-21(31)28(27)33)24-13-17(9-11-35-24)20-6-5-19(29(34)39)14-23(20)36-30(16)40/h5-9,11,13-16,25H,2-4,10,12H2,1H3,(H2,34,39)(H,36,40)/t16-,25+/m1/s1. The van der Waals surface area contributed by atoms with Crippen molar-refractivity contribution in [3.8, 4) is 11.1 Å². The number of benzene rings is 2. The minimum Gasteiger partial charge on any atom is -0.366 e.